The van der Waals surface area contributed by atoms with Crippen molar-refractivity contribution in [2.45, 2.75) is 154 Å². The van der Waals surface area contributed by atoms with Crippen LogP contribution in [0.5, 0.6) is 0 Å². The number of aliphatic hydroxyl groups is 1. The molecule has 30 heavy (non-hydrogen) atoms. The van der Waals surface area contributed by atoms with Crippen LogP contribution in [0.1, 0.15) is 142 Å². The molecule has 0 amide bonds. The van der Waals surface area contributed by atoms with Crippen molar-refractivity contribution in [2.24, 2.45) is 0 Å². The summed E-state index contributed by atoms with van der Waals surface area (Å²) in [5.74, 6) is 0. The Morgan fingerprint density at radius 3 is 1.33 bits per heavy atom. The van der Waals surface area contributed by atoms with Gasteiger partial charge in [-0.2, -0.15) is 0 Å². The van der Waals surface area contributed by atoms with Crippen LogP contribution < -0.4 is 51.4 Å². The molecule has 0 heterocycles. The number of rotatable bonds is 22. The van der Waals surface area contributed by atoms with Crippen LogP contribution in [0.15, 0.2) is 0 Å². The van der Waals surface area contributed by atoms with E-state index in [1.165, 1.54) is 44.9 Å². The van der Waals surface area contributed by atoms with Crippen LogP contribution in [0.25, 0.3) is 0 Å². The summed E-state index contributed by atoms with van der Waals surface area (Å²) < 4.78 is 34.5. The van der Waals surface area contributed by atoms with Crippen LogP contribution in [-0.2, 0) is 10.1 Å². The summed E-state index contributed by atoms with van der Waals surface area (Å²) in [5, 5.41) is 9.15. The maximum Gasteiger partial charge on any atom is 1.00 e. The minimum atomic E-state index is -4.15. The fourth-order valence-electron chi connectivity index (χ4n) is 3.98. The molecule has 0 aliphatic carbocycles. The molecule has 0 spiro atoms. The predicted octanol–water partition coefficient (Wildman–Crippen LogP) is 4.11. The number of hydrogen-bond donors (Lipinski definition) is 1. The van der Waals surface area contributed by atoms with Crippen molar-refractivity contribution in [3.8, 4) is 0 Å². The van der Waals surface area contributed by atoms with E-state index in [1.54, 1.807) is 0 Å². The van der Waals surface area contributed by atoms with Gasteiger partial charge in [0.15, 0.2) is 0 Å². The summed E-state index contributed by atoms with van der Waals surface area (Å²) in [5.41, 5.74) is 0. The maximum atomic E-state index is 11.5. The number of unbranched alkanes of at least 4 members (excludes halogenated alkanes) is 13. The Kier molecular flexibility index (Phi) is 26.6. The van der Waals surface area contributed by atoms with E-state index in [1.807, 2.05) is 0 Å². The molecule has 6 heteroatoms. The van der Waals surface area contributed by atoms with E-state index < -0.39 is 15.4 Å². The van der Waals surface area contributed by atoms with Crippen molar-refractivity contribution < 1.29 is 69.5 Å². The first-order valence-electron chi connectivity index (χ1n) is 12.5. The third kappa shape index (κ3) is 22.7. The molecule has 0 radical (unpaired) electrons. The summed E-state index contributed by atoms with van der Waals surface area (Å²) in [4.78, 5) is 0. The van der Waals surface area contributed by atoms with Crippen molar-refractivity contribution in [1.82, 2.24) is 0 Å². The number of aliphatic hydroxyl groups excluding tert-OH is 1. The van der Waals surface area contributed by atoms with E-state index in [0.717, 1.165) is 70.6 Å². The molecule has 4 nitrogen and oxygen atoms in total. The third-order valence-electron chi connectivity index (χ3n) is 5.99. The first-order valence-corrected chi connectivity index (χ1v) is 14.0. The molecular weight excluding hydrogens is 423 g/mol. The minimum Gasteiger partial charge on any atom is -0.748 e. The molecule has 0 saturated carbocycles. The second-order valence-corrected chi connectivity index (χ2v) is 10.5. The zero-order valence-corrected chi connectivity index (χ0v) is 24.3. The molecule has 1 N–H and O–H groups in total. The van der Waals surface area contributed by atoms with E-state index in [4.69, 9.17) is 0 Å². The molecule has 0 saturated heterocycles. The first-order chi connectivity index (χ1) is 13.9. The normalized spacial score (nSPS) is 13.7. The summed E-state index contributed by atoms with van der Waals surface area (Å²) in [6, 6.07) is 0. The van der Waals surface area contributed by atoms with Gasteiger partial charge in [0, 0.05) is 5.25 Å². The molecule has 2 atom stereocenters. The summed E-state index contributed by atoms with van der Waals surface area (Å²) >= 11 is 0. The van der Waals surface area contributed by atoms with Gasteiger partial charge in [0.25, 0.3) is 0 Å². The van der Waals surface area contributed by atoms with Gasteiger partial charge in [-0.15, -0.1) is 0 Å². The Labute approximate surface area is 230 Å². The van der Waals surface area contributed by atoms with Gasteiger partial charge in [-0.3, -0.25) is 0 Å². The minimum absolute atomic E-state index is 0. The fourth-order valence-corrected chi connectivity index (χ4v) is 4.89. The van der Waals surface area contributed by atoms with Crippen LogP contribution in [0.4, 0.5) is 0 Å². The van der Waals surface area contributed by atoms with Crippen molar-refractivity contribution in [2.75, 3.05) is 0 Å². The molecule has 0 rings (SSSR count). The molecule has 2 unspecified atom stereocenters. The van der Waals surface area contributed by atoms with Gasteiger partial charge in [0.2, 0.25) is 0 Å². The summed E-state index contributed by atoms with van der Waals surface area (Å²) in [7, 11) is -4.15. The van der Waals surface area contributed by atoms with E-state index in [-0.39, 0.29) is 57.5 Å². The molecule has 0 aromatic carbocycles. The standard InChI is InChI=1S/C24H50O4S.K/c1-3-5-7-8-14-17-21-24(29(26,27)28)22-18-15-12-10-9-11-13-16-20-23(25)19-6-4-2;/h23-25H,3-22H2,1-2H3,(H,26,27,28);/q;+1/p-1. The molecule has 0 aliphatic rings. The smallest absolute Gasteiger partial charge is 0.748 e. The Bertz CT molecular complexity index is 442. The van der Waals surface area contributed by atoms with Gasteiger partial charge in [0.1, 0.15) is 0 Å². The average molecular weight is 473 g/mol. The van der Waals surface area contributed by atoms with Crippen LogP contribution in [-0.4, -0.2) is 29.4 Å². The Morgan fingerprint density at radius 2 is 0.933 bits per heavy atom. The second kappa shape index (κ2) is 23.7. The van der Waals surface area contributed by atoms with Crippen LogP contribution in [0.2, 0.25) is 0 Å². The topological polar surface area (TPSA) is 77.4 Å². The van der Waals surface area contributed by atoms with Crippen LogP contribution in [0.3, 0.4) is 0 Å². The molecule has 0 aliphatic heterocycles. The van der Waals surface area contributed by atoms with E-state index in [2.05, 4.69) is 13.8 Å². The first kappa shape index (κ1) is 33.7. The fraction of sp³-hybridized carbons (Fsp3) is 1.00. The largest absolute Gasteiger partial charge is 1.00 e. The SMILES string of the molecule is CCCCCCCCC(CCCCCCCCCCC(O)CCCC)S(=O)(=O)[O-].[K+]. The molecule has 0 aromatic rings. The van der Waals surface area contributed by atoms with Gasteiger partial charge in [-0.05, 0) is 25.7 Å². The van der Waals surface area contributed by atoms with Crippen molar-refractivity contribution >= 4 is 10.1 Å². The van der Waals surface area contributed by atoms with Gasteiger partial charge in [-0.1, -0.05) is 117 Å². The zero-order chi connectivity index (χ0) is 21.8. The number of hydrogen-bond acceptors (Lipinski definition) is 4. The third-order valence-corrected chi connectivity index (χ3v) is 7.28. The van der Waals surface area contributed by atoms with E-state index in [0.29, 0.717) is 12.8 Å². The Hall–Kier alpha value is 1.51. The summed E-state index contributed by atoms with van der Waals surface area (Å²) in [6.45, 7) is 4.34. The second-order valence-electron chi connectivity index (χ2n) is 8.87. The van der Waals surface area contributed by atoms with Gasteiger partial charge < -0.3 is 9.66 Å². The molecule has 0 aromatic heterocycles. The molecule has 176 valence electrons. The quantitative estimate of drug-likeness (QED) is 0.146. The van der Waals surface area contributed by atoms with E-state index in [9.17, 15) is 18.1 Å². The zero-order valence-electron chi connectivity index (χ0n) is 20.4. The average Bonchev–Trinajstić information content (AvgIpc) is 2.67. The molecule has 0 fully saturated rings. The van der Waals surface area contributed by atoms with Gasteiger partial charge in [-0.25, -0.2) is 8.42 Å². The van der Waals surface area contributed by atoms with Crippen molar-refractivity contribution in [1.29, 1.82) is 0 Å². The maximum absolute atomic E-state index is 11.5. The Balaban J connectivity index is 0. The van der Waals surface area contributed by atoms with Crippen LogP contribution in [0, 0.1) is 0 Å². The van der Waals surface area contributed by atoms with Crippen LogP contribution >= 0.6 is 0 Å². The Morgan fingerprint density at radius 1 is 0.600 bits per heavy atom. The summed E-state index contributed by atoms with van der Waals surface area (Å²) in [6.07, 6.45) is 20.8. The molecular formula is C24H49KO4S. The predicted molar refractivity (Wildman–Crippen MR) is 123 cm³/mol. The van der Waals surface area contributed by atoms with Gasteiger partial charge >= 0.3 is 51.4 Å². The van der Waals surface area contributed by atoms with Gasteiger partial charge in [0.05, 0.1) is 16.2 Å². The molecule has 0 bridgehead atoms. The van der Waals surface area contributed by atoms with Crippen molar-refractivity contribution in [3.05, 3.63) is 0 Å². The van der Waals surface area contributed by atoms with E-state index >= 15 is 0 Å². The van der Waals surface area contributed by atoms with Crippen molar-refractivity contribution in [3.63, 3.8) is 0 Å². The monoisotopic (exact) mass is 472 g/mol.